The van der Waals surface area contributed by atoms with E-state index in [1.807, 2.05) is 45.9 Å². The normalized spacial score (nSPS) is 37.2. The maximum absolute atomic E-state index is 14.7. The van der Waals surface area contributed by atoms with Crippen LogP contribution in [0.15, 0.2) is 40.1 Å². The number of carboxylic acids is 1. The van der Waals surface area contributed by atoms with Crippen LogP contribution in [-0.4, -0.2) is 60.5 Å². The summed E-state index contributed by atoms with van der Waals surface area (Å²) < 4.78 is 12.7. The van der Waals surface area contributed by atoms with Crippen LogP contribution < -0.4 is 5.32 Å². The summed E-state index contributed by atoms with van der Waals surface area (Å²) in [6, 6.07) is 5.67. The summed E-state index contributed by atoms with van der Waals surface area (Å²) in [4.78, 5) is 62.0. The Morgan fingerprint density at radius 2 is 1.65 bits per heavy atom. The van der Waals surface area contributed by atoms with E-state index in [-0.39, 0.29) is 69.6 Å². The number of Topliss-reactive ketones (excluding diaryl/α,β-unsaturated/α-hetero) is 1. The van der Waals surface area contributed by atoms with Crippen LogP contribution >= 0.6 is 0 Å². The summed E-state index contributed by atoms with van der Waals surface area (Å²) in [7, 11) is 0. The van der Waals surface area contributed by atoms with Gasteiger partial charge in [-0.1, -0.05) is 62.3 Å². The van der Waals surface area contributed by atoms with Crippen molar-refractivity contribution in [2.75, 3.05) is 0 Å². The molecule has 6 aliphatic carbocycles. The minimum Gasteiger partial charge on any atom is -0.481 e. The van der Waals surface area contributed by atoms with Crippen LogP contribution in [0.3, 0.4) is 0 Å². The molecule has 1 aromatic carbocycles. The molecule has 2 heterocycles. The van der Waals surface area contributed by atoms with Crippen molar-refractivity contribution in [2.24, 2.45) is 62.6 Å². The highest BCUT2D eigenvalue weighted by molar-refractivity contribution is 6.02. The van der Waals surface area contributed by atoms with E-state index in [0.29, 0.717) is 30.6 Å². The summed E-state index contributed by atoms with van der Waals surface area (Å²) in [5.74, 6) is -0.606. The SMILES string of the molecule is CC(C)C1=C2[C@H]3CC[C@@H]4[C@@]5(C)CC[C@H](OC(=O)[C@H]6C[C@@H](C(=O)O)C6(C)C)C(C)(C)[C@@H]5CC[C@@]4(C)[C@]3(C)CC[C@@]2(NC(=O)C(C)(C)c2nnc(-c3ccc4nc[nH]c4c3)o2)CC1=O. The van der Waals surface area contributed by atoms with Crippen molar-refractivity contribution < 1.29 is 33.4 Å². The Labute approximate surface area is 365 Å². The van der Waals surface area contributed by atoms with Gasteiger partial charge in [-0.05, 0) is 146 Å². The molecular weight excluding hydrogens is 783 g/mol. The topological polar surface area (TPSA) is 177 Å². The number of aliphatic carboxylic acids is 1. The molecule has 3 aromatic rings. The van der Waals surface area contributed by atoms with E-state index in [0.717, 1.165) is 67.1 Å². The van der Waals surface area contributed by atoms with Gasteiger partial charge in [0.1, 0.15) is 11.5 Å². The molecule has 334 valence electrons. The number of rotatable bonds is 8. The van der Waals surface area contributed by atoms with E-state index in [1.165, 1.54) is 5.57 Å². The Balaban J connectivity index is 0.970. The number of ether oxygens (including phenoxy) is 1. The van der Waals surface area contributed by atoms with Gasteiger partial charge in [0, 0.05) is 17.4 Å². The first kappa shape index (κ1) is 42.9. The third-order valence-electron chi connectivity index (χ3n) is 19.0. The lowest BCUT2D eigenvalue weighted by Crippen LogP contribution is -2.67. The van der Waals surface area contributed by atoms with Gasteiger partial charge in [-0.15, -0.1) is 10.2 Å². The van der Waals surface area contributed by atoms with Crippen LogP contribution in [0, 0.1) is 62.6 Å². The fourth-order valence-corrected chi connectivity index (χ4v) is 15.0. The van der Waals surface area contributed by atoms with E-state index < -0.39 is 34.2 Å². The van der Waals surface area contributed by atoms with Gasteiger partial charge in [-0.2, -0.15) is 0 Å². The molecule has 9 rings (SSSR count). The zero-order chi connectivity index (χ0) is 44.7. The molecule has 0 unspecified atom stereocenters. The lowest BCUT2D eigenvalue weighted by Gasteiger charge is -2.72. The van der Waals surface area contributed by atoms with E-state index in [4.69, 9.17) is 9.15 Å². The molecule has 5 saturated carbocycles. The minimum absolute atomic E-state index is 0.0158. The van der Waals surface area contributed by atoms with Gasteiger partial charge in [0.05, 0.1) is 34.7 Å². The molecule has 62 heavy (non-hydrogen) atoms. The number of hydrogen-bond donors (Lipinski definition) is 3. The fourth-order valence-electron chi connectivity index (χ4n) is 15.0. The van der Waals surface area contributed by atoms with Crippen molar-refractivity contribution in [1.29, 1.82) is 0 Å². The molecule has 0 bridgehead atoms. The second-order valence-corrected chi connectivity index (χ2v) is 23.2. The molecule has 12 heteroatoms. The van der Waals surface area contributed by atoms with Crippen LogP contribution in [-0.2, 0) is 29.3 Å². The average Bonchev–Trinajstić information content (AvgIpc) is 3.93. The number of esters is 1. The molecule has 5 fully saturated rings. The highest BCUT2D eigenvalue weighted by Crippen LogP contribution is 2.76. The molecule has 0 spiro atoms. The number of imidazole rings is 1. The highest BCUT2D eigenvalue weighted by Gasteiger charge is 2.71. The summed E-state index contributed by atoms with van der Waals surface area (Å²) >= 11 is 0. The molecule has 12 nitrogen and oxygen atoms in total. The number of carbonyl (C=O) groups is 4. The number of aromatic amines is 1. The van der Waals surface area contributed by atoms with E-state index >= 15 is 0 Å². The second-order valence-electron chi connectivity index (χ2n) is 23.2. The van der Waals surface area contributed by atoms with Gasteiger partial charge in [0.15, 0.2) is 5.78 Å². The van der Waals surface area contributed by atoms with E-state index in [2.05, 4.69) is 73.9 Å². The van der Waals surface area contributed by atoms with Crippen LogP contribution in [0.2, 0.25) is 0 Å². The molecule has 3 N–H and O–H groups in total. The predicted octanol–water partition coefficient (Wildman–Crippen LogP) is 9.40. The Bertz CT molecular complexity index is 2410. The lowest BCUT2D eigenvalue weighted by atomic mass is 9.33. The van der Waals surface area contributed by atoms with Crippen LogP contribution in [0.5, 0.6) is 0 Å². The zero-order valence-corrected chi connectivity index (χ0v) is 38.7. The number of H-pyrrole nitrogens is 1. The highest BCUT2D eigenvalue weighted by atomic mass is 16.5. The third kappa shape index (κ3) is 5.84. The third-order valence-corrected chi connectivity index (χ3v) is 19.0. The zero-order valence-electron chi connectivity index (χ0n) is 38.7. The standard InChI is InChI=1S/C50H67N5O7/c1-26(2)37-33(56)24-50(53-42(60)46(7,8)43-55-54-39(62-43)27-12-14-31-32(22-27)52-25-51-31)21-20-48(10)28(38(37)50)13-15-35-47(9)18-17-36(45(5,6)34(47)16-19-49(35,48)11)61-41(59)30-23-29(40(57)58)44(30,3)4/h12,14,22,25-26,28-30,34-36H,13,15-21,23-24H2,1-11H3,(H,51,52)(H,53,60)(H,57,58)/t28-,29+,30-,34+,35-,36+,47+,48-,49-,50-/m1/s1. The summed E-state index contributed by atoms with van der Waals surface area (Å²) in [6.07, 6.45) is 9.41. The van der Waals surface area contributed by atoms with Gasteiger partial charge < -0.3 is 24.6 Å². The van der Waals surface area contributed by atoms with Crippen LogP contribution in [0.25, 0.3) is 22.5 Å². The first-order chi connectivity index (χ1) is 28.9. The van der Waals surface area contributed by atoms with Crippen molar-refractivity contribution >= 4 is 34.7 Å². The number of nitrogens with one attached hydrogen (secondary N) is 2. The van der Waals surface area contributed by atoms with Crippen molar-refractivity contribution in [3.05, 3.63) is 41.6 Å². The molecule has 0 saturated heterocycles. The second kappa shape index (κ2) is 13.8. The van der Waals surface area contributed by atoms with Gasteiger partial charge in [-0.25, -0.2) is 4.98 Å². The Kier molecular flexibility index (Phi) is 9.57. The number of aromatic nitrogens is 4. The largest absolute Gasteiger partial charge is 0.481 e. The van der Waals surface area contributed by atoms with Gasteiger partial charge in [0.25, 0.3) is 0 Å². The average molecular weight is 850 g/mol. The van der Waals surface area contributed by atoms with Crippen molar-refractivity contribution in [3.63, 3.8) is 0 Å². The van der Waals surface area contributed by atoms with Crippen LogP contribution in [0.1, 0.15) is 146 Å². The molecule has 6 aliphatic rings. The molecular formula is C50H67N5O7. The molecule has 0 aliphatic heterocycles. The van der Waals surface area contributed by atoms with Crippen molar-refractivity contribution in [2.45, 2.75) is 157 Å². The summed E-state index contributed by atoms with van der Waals surface area (Å²) in [5.41, 5.74) is 1.56. The quantitative estimate of drug-likeness (QED) is 0.185. The molecule has 1 amide bonds. The summed E-state index contributed by atoms with van der Waals surface area (Å²) in [6.45, 7) is 23.8. The number of hydrogen-bond acceptors (Lipinski definition) is 9. The smallest absolute Gasteiger partial charge is 0.309 e. The first-order valence-electron chi connectivity index (χ1n) is 23.2. The fraction of sp³-hybridized carbons (Fsp3) is 0.700. The predicted molar refractivity (Wildman–Crippen MR) is 233 cm³/mol. The molecule has 0 radical (unpaired) electrons. The van der Waals surface area contributed by atoms with Crippen molar-refractivity contribution in [1.82, 2.24) is 25.5 Å². The number of fused-ring (bicyclic) bond motifs is 8. The van der Waals surface area contributed by atoms with Gasteiger partial charge in [0.2, 0.25) is 17.7 Å². The maximum atomic E-state index is 14.7. The molecule has 10 atom stereocenters. The van der Waals surface area contributed by atoms with Gasteiger partial charge >= 0.3 is 11.9 Å². The monoisotopic (exact) mass is 850 g/mol. The number of amides is 1. The number of carboxylic acid groups (broad SMARTS) is 1. The Morgan fingerprint density at radius 3 is 2.34 bits per heavy atom. The minimum atomic E-state index is -1.17. The first-order valence-corrected chi connectivity index (χ1v) is 23.2. The van der Waals surface area contributed by atoms with E-state index in [1.54, 1.807) is 6.33 Å². The Morgan fingerprint density at radius 1 is 0.903 bits per heavy atom. The van der Waals surface area contributed by atoms with Gasteiger partial charge in [-0.3, -0.25) is 19.2 Å². The number of carbonyl (C=O) groups excluding carboxylic acids is 3. The number of benzene rings is 1. The number of nitrogens with zero attached hydrogens (tertiary/aromatic N) is 3. The number of ketones is 1. The van der Waals surface area contributed by atoms with Crippen LogP contribution in [0.4, 0.5) is 0 Å². The lowest BCUT2D eigenvalue weighted by molar-refractivity contribution is -0.235. The van der Waals surface area contributed by atoms with Crippen molar-refractivity contribution in [3.8, 4) is 11.5 Å². The Hall–Kier alpha value is -4.35. The summed E-state index contributed by atoms with van der Waals surface area (Å²) in [5, 5.41) is 22.0. The molecule has 2 aromatic heterocycles. The number of allylic oxidation sites excluding steroid dienone is 1. The maximum Gasteiger partial charge on any atom is 0.309 e. The van der Waals surface area contributed by atoms with E-state index in [9.17, 15) is 24.3 Å².